The maximum atomic E-state index is 11.0. The van der Waals surface area contributed by atoms with Gasteiger partial charge in [-0.3, -0.25) is 0 Å². The summed E-state index contributed by atoms with van der Waals surface area (Å²) in [5.41, 5.74) is 7.74. The van der Waals surface area contributed by atoms with Crippen LogP contribution in [-0.4, -0.2) is 10.2 Å². The van der Waals surface area contributed by atoms with Gasteiger partial charge < -0.3 is 10.2 Å². The van der Waals surface area contributed by atoms with Gasteiger partial charge in [0.05, 0.1) is 0 Å². The number of hydrogen-bond donors (Lipinski definition) is 2. The van der Waals surface area contributed by atoms with Crippen molar-refractivity contribution in [2.45, 2.75) is 74.7 Å². The van der Waals surface area contributed by atoms with Crippen LogP contribution in [0.2, 0.25) is 0 Å². The molecule has 0 aromatic heterocycles. The Kier molecular flexibility index (Phi) is 6.33. The summed E-state index contributed by atoms with van der Waals surface area (Å²) in [5.74, 6) is 1.04. The fourth-order valence-corrected chi connectivity index (χ4v) is 3.35. The lowest BCUT2D eigenvalue weighted by Crippen LogP contribution is -2.01. The highest BCUT2D eigenvalue weighted by Gasteiger charge is 2.23. The summed E-state index contributed by atoms with van der Waals surface area (Å²) < 4.78 is 0. The monoisotopic (exact) mass is 342 g/mol. The first kappa shape index (κ1) is 21.1. The van der Waals surface area contributed by atoms with Gasteiger partial charge in [-0.2, -0.15) is 0 Å². The SMILES string of the molecule is C.Cc1cc(C(C)C)c(O)c(-c2c(C)c(C)cc(C(C)C)c2O)c1C. The van der Waals surface area contributed by atoms with Gasteiger partial charge in [0.15, 0.2) is 0 Å². The Morgan fingerprint density at radius 2 is 0.920 bits per heavy atom. The third-order valence-electron chi connectivity index (χ3n) is 5.19. The molecule has 0 bridgehead atoms. The van der Waals surface area contributed by atoms with Crippen LogP contribution in [0.5, 0.6) is 11.5 Å². The molecule has 0 spiro atoms. The van der Waals surface area contributed by atoms with Crippen LogP contribution in [-0.2, 0) is 0 Å². The lowest BCUT2D eigenvalue weighted by atomic mass is 9.84. The molecule has 0 saturated heterocycles. The predicted molar refractivity (Wildman–Crippen MR) is 109 cm³/mol. The number of hydrogen-bond acceptors (Lipinski definition) is 2. The van der Waals surface area contributed by atoms with Gasteiger partial charge in [0.25, 0.3) is 0 Å². The van der Waals surface area contributed by atoms with E-state index in [4.69, 9.17) is 0 Å². The zero-order valence-corrected chi connectivity index (χ0v) is 16.2. The average Bonchev–Trinajstić information content (AvgIpc) is 2.49. The van der Waals surface area contributed by atoms with Crippen LogP contribution in [0.15, 0.2) is 12.1 Å². The minimum Gasteiger partial charge on any atom is -0.507 e. The van der Waals surface area contributed by atoms with E-state index in [1.54, 1.807) is 0 Å². The summed E-state index contributed by atoms with van der Waals surface area (Å²) in [6, 6.07) is 4.12. The van der Waals surface area contributed by atoms with E-state index in [2.05, 4.69) is 53.7 Å². The Labute approximate surface area is 153 Å². The third kappa shape index (κ3) is 3.53. The molecule has 0 heterocycles. The summed E-state index contributed by atoms with van der Waals surface area (Å²) in [6.45, 7) is 16.5. The molecule has 2 rings (SSSR count). The van der Waals surface area contributed by atoms with Crippen molar-refractivity contribution in [1.82, 2.24) is 0 Å². The number of rotatable bonds is 3. The molecule has 25 heavy (non-hydrogen) atoms. The molecule has 2 N–H and O–H groups in total. The molecule has 0 aliphatic rings. The summed E-state index contributed by atoms with van der Waals surface area (Å²) >= 11 is 0. The molecule has 2 aromatic rings. The van der Waals surface area contributed by atoms with E-state index in [1.807, 2.05) is 13.8 Å². The molecular formula is C23H34O2. The largest absolute Gasteiger partial charge is 0.507 e. The first-order valence-electron chi connectivity index (χ1n) is 8.74. The Balaban J connectivity index is 0.00000312. The number of aryl methyl sites for hydroxylation is 2. The van der Waals surface area contributed by atoms with Crippen molar-refractivity contribution < 1.29 is 10.2 Å². The second kappa shape index (κ2) is 7.51. The molecule has 0 saturated carbocycles. The van der Waals surface area contributed by atoms with Gasteiger partial charge in [-0.1, -0.05) is 47.3 Å². The Morgan fingerprint density at radius 1 is 0.640 bits per heavy atom. The van der Waals surface area contributed by atoms with E-state index >= 15 is 0 Å². The average molecular weight is 343 g/mol. The molecule has 0 aliphatic heterocycles. The van der Waals surface area contributed by atoms with Gasteiger partial charge >= 0.3 is 0 Å². The summed E-state index contributed by atoms with van der Waals surface area (Å²) in [5, 5.41) is 22.0. The van der Waals surface area contributed by atoms with E-state index in [0.717, 1.165) is 44.5 Å². The van der Waals surface area contributed by atoms with Crippen LogP contribution >= 0.6 is 0 Å². The molecule has 0 atom stereocenters. The lowest BCUT2D eigenvalue weighted by molar-refractivity contribution is 0.457. The maximum absolute atomic E-state index is 11.0. The molecule has 0 radical (unpaired) electrons. The molecule has 0 amide bonds. The Morgan fingerprint density at radius 3 is 1.16 bits per heavy atom. The summed E-state index contributed by atoms with van der Waals surface area (Å²) in [4.78, 5) is 0. The minimum absolute atomic E-state index is 0. The van der Waals surface area contributed by atoms with Gasteiger partial charge in [0, 0.05) is 11.1 Å². The van der Waals surface area contributed by atoms with Crippen LogP contribution in [0.4, 0.5) is 0 Å². The zero-order chi connectivity index (χ0) is 18.3. The molecule has 0 aliphatic carbocycles. The summed E-state index contributed by atoms with van der Waals surface area (Å²) in [6.07, 6.45) is 0. The van der Waals surface area contributed by atoms with Crippen molar-refractivity contribution in [1.29, 1.82) is 0 Å². The zero-order valence-electron chi connectivity index (χ0n) is 16.2. The van der Waals surface area contributed by atoms with Crippen molar-refractivity contribution in [3.63, 3.8) is 0 Å². The van der Waals surface area contributed by atoms with Crippen molar-refractivity contribution >= 4 is 0 Å². The lowest BCUT2D eigenvalue weighted by Gasteiger charge is -2.23. The van der Waals surface area contributed by atoms with E-state index < -0.39 is 0 Å². The van der Waals surface area contributed by atoms with Crippen LogP contribution in [0.1, 0.15) is 80.3 Å². The molecule has 0 fully saturated rings. The van der Waals surface area contributed by atoms with Crippen molar-refractivity contribution in [2.75, 3.05) is 0 Å². The molecule has 0 unspecified atom stereocenters. The molecule has 2 heteroatoms. The standard InChI is InChI=1S/C22H30O2.CH4/c1-11(2)17-9-13(5)15(7)19(21(17)23)20-16(8)14(6)10-18(12(3)4)22(20)24;/h9-12,23-24H,1-8H3;1H4. The van der Waals surface area contributed by atoms with Gasteiger partial charge in [-0.05, 0) is 72.9 Å². The third-order valence-corrected chi connectivity index (χ3v) is 5.19. The van der Waals surface area contributed by atoms with Gasteiger partial charge in [0.1, 0.15) is 11.5 Å². The van der Waals surface area contributed by atoms with Gasteiger partial charge in [-0.15, -0.1) is 0 Å². The molecule has 2 nitrogen and oxygen atoms in total. The van der Waals surface area contributed by atoms with Crippen LogP contribution < -0.4 is 0 Å². The van der Waals surface area contributed by atoms with E-state index in [1.165, 1.54) is 0 Å². The van der Waals surface area contributed by atoms with E-state index in [0.29, 0.717) is 11.5 Å². The molecular weight excluding hydrogens is 308 g/mol. The maximum Gasteiger partial charge on any atom is 0.127 e. The highest BCUT2D eigenvalue weighted by molar-refractivity contribution is 5.84. The van der Waals surface area contributed by atoms with Crippen LogP contribution in [0.3, 0.4) is 0 Å². The van der Waals surface area contributed by atoms with Crippen LogP contribution in [0, 0.1) is 27.7 Å². The quantitative estimate of drug-likeness (QED) is 0.638. The van der Waals surface area contributed by atoms with Gasteiger partial charge in [-0.25, -0.2) is 0 Å². The second-order valence-corrected chi connectivity index (χ2v) is 7.57. The fraction of sp³-hybridized carbons (Fsp3) is 0.478. The summed E-state index contributed by atoms with van der Waals surface area (Å²) in [7, 11) is 0. The van der Waals surface area contributed by atoms with Crippen molar-refractivity contribution in [3.8, 4) is 22.6 Å². The number of benzene rings is 2. The van der Waals surface area contributed by atoms with E-state index in [9.17, 15) is 10.2 Å². The number of phenols is 2. The van der Waals surface area contributed by atoms with Crippen molar-refractivity contribution in [2.24, 2.45) is 0 Å². The van der Waals surface area contributed by atoms with Gasteiger partial charge in [0.2, 0.25) is 0 Å². The molecule has 2 aromatic carbocycles. The first-order chi connectivity index (χ1) is 11.1. The number of phenolic OH excluding ortho intramolecular Hbond substituents is 2. The normalized spacial score (nSPS) is 11.1. The predicted octanol–water partition coefficient (Wildman–Crippen LogP) is 6.88. The van der Waals surface area contributed by atoms with Crippen LogP contribution in [0.25, 0.3) is 11.1 Å². The second-order valence-electron chi connectivity index (χ2n) is 7.57. The first-order valence-corrected chi connectivity index (χ1v) is 8.74. The molecule has 138 valence electrons. The number of aromatic hydroxyl groups is 2. The van der Waals surface area contributed by atoms with Crippen molar-refractivity contribution in [3.05, 3.63) is 45.5 Å². The fourth-order valence-electron chi connectivity index (χ4n) is 3.35. The minimum atomic E-state index is 0. The Bertz CT molecular complexity index is 716. The smallest absolute Gasteiger partial charge is 0.127 e. The topological polar surface area (TPSA) is 40.5 Å². The highest BCUT2D eigenvalue weighted by Crippen LogP contribution is 2.47. The highest BCUT2D eigenvalue weighted by atomic mass is 16.3. The Hall–Kier alpha value is -1.96. The van der Waals surface area contributed by atoms with E-state index in [-0.39, 0.29) is 19.3 Å².